The highest BCUT2D eigenvalue weighted by molar-refractivity contribution is 5.39. The Kier molecular flexibility index (Phi) is 8.99. The number of hydrogen-bond acceptors (Lipinski definition) is 5. The van der Waals surface area contributed by atoms with Crippen molar-refractivity contribution < 1.29 is 14.6 Å². The summed E-state index contributed by atoms with van der Waals surface area (Å²) in [5, 5.41) is 15.5. The molecule has 3 rings (SSSR count). The van der Waals surface area contributed by atoms with Crippen molar-refractivity contribution in [2.45, 2.75) is 63.5 Å². The highest BCUT2D eigenvalue weighted by Gasteiger charge is 2.42. The third kappa shape index (κ3) is 6.19. The minimum Gasteiger partial charge on any atom is -0.493 e. The Morgan fingerprint density at radius 3 is 2.77 bits per heavy atom. The number of likely N-dealkylation sites (N-methyl/N-ethyl adjacent to an activating group) is 1. The van der Waals surface area contributed by atoms with E-state index in [0.29, 0.717) is 12.0 Å². The average Bonchev–Trinajstić information content (AvgIpc) is 3.60. The van der Waals surface area contributed by atoms with Gasteiger partial charge in [-0.1, -0.05) is 18.2 Å². The van der Waals surface area contributed by atoms with Crippen LogP contribution >= 0.6 is 0 Å². The number of nitrogens with zero attached hydrogens (tertiary/aromatic N) is 1. The number of aliphatic hydroxyl groups is 1. The largest absolute Gasteiger partial charge is 0.493 e. The van der Waals surface area contributed by atoms with Crippen molar-refractivity contribution in [2.75, 3.05) is 47.0 Å². The Balaban J connectivity index is 1.81. The van der Waals surface area contributed by atoms with E-state index in [1.54, 1.807) is 7.11 Å². The second-order valence-corrected chi connectivity index (χ2v) is 9.37. The highest BCUT2D eigenvalue weighted by atomic mass is 16.5. The average molecular weight is 419 g/mol. The first-order valence-electron chi connectivity index (χ1n) is 11.9. The molecule has 1 saturated heterocycles. The van der Waals surface area contributed by atoms with Crippen LogP contribution in [0.25, 0.3) is 0 Å². The molecule has 1 saturated carbocycles. The van der Waals surface area contributed by atoms with E-state index in [-0.39, 0.29) is 5.92 Å². The summed E-state index contributed by atoms with van der Waals surface area (Å²) in [6, 6.07) is 8.68. The van der Waals surface area contributed by atoms with Gasteiger partial charge in [-0.15, -0.1) is 0 Å². The Labute approximate surface area is 183 Å². The van der Waals surface area contributed by atoms with E-state index in [1.165, 1.54) is 12.8 Å². The Bertz CT molecular complexity index is 637. The lowest BCUT2D eigenvalue weighted by molar-refractivity contribution is -0.0680. The van der Waals surface area contributed by atoms with Gasteiger partial charge in [-0.2, -0.15) is 0 Å². The van der Waals surface area contributed by atoms with Crippen molar-refractivity contribution in [2.24, 2.45) is 11.8 Å². The predicted octanol–water partition coefficient (Wildman–Crippen LogP) is 3.80. The summed E-state index contributed by atoms with van der Waals surface area (Å²) in [6.07, 6.45) is 7.39. The number of nitrogens with one attached hydrogen (secondary N) is 1. The van der Waals surface area contributed by atoms with Crippen molar-refractivity contribution in [3.05, 3.63) is 29.8 Å². The molecule has 1 aromatic carbocycles. The van der Waals surface area contributed by atoms with E-state index in [4.69, 9.17) is 9.47 Å². The van der Waals surface area contributed by atoms with Crippen molar-refractivity contribution in [1.82, 2.24) is 10.2 Å². The van der Waals surface area contributed by atoms with Crippen LogP contribution in [0.1, 0.15) is 57.4 Å². The second kappa shape index (κ2) is 11.5. The number of ether oxygens (including phenoxy) is 2. The lowest BCUT2D eigenvalue weighted by Gasteiger charge is -2.45. The summed E-state index contributed by atoms with van der Waals surface area (Å²) in [4.78, 5) is 2.54. The van der Waals surface area contributed by atoms with Gasteiger partial charge < -0.3 is 19.9 Å². The van der Waals surface area contributed by atoms with Crippen LogP contribution in [0.5, 0.6) is 5.75 Å². The first-order chi connectivity index (χ1) is 14.6. The van der Waals surface area contributed by atoms with Crippen molar-refractivity contribution in [1.29, 1.82) is 0 Å². The number of unbranched alkanes of at least 4 members (excludes halogenated alkanes) is 1. The summed E-state index contributed by atoms with van der Waals surface area (Å²) in [5.74, 6) is 1.78. The van der Waals surface area contributed by atoms with Crippen LogP contribution in [0, 0.1) is 11.8 Å². The topological polar surface area (TPSA) is 54.0 Å². The molecule has 0 bridgehead atoms. The molecule has 5 heteroatoms. The molecular weight excluding hydrogens is 376 g/mol. The van der Waals surface area contributed by atoms with E-state index in [1.807, 2.05) is 25.2 Å². The zero-order valence-corrected chi connectivity index (χ0v) is 19.2. The summed E-state index contributed by atoms with van der Waals surface area (Å²) in [7, 11) is 3.76. The van der Waals surface area contributed by atoms with Crippen molar-refractivity contribution in [3.8, 4) is 5.75 Å². The van der Waals surface area contributed by atoms with Crippen LogP contribution in [0.15, 0.2) is 24.3 Å². The summed E-state index contributed by atoms with van der Waals surface area (Å²) < 4.78 is 11.5. The summed E-state index contributed by atoms with van der Waals surface area (Å²) >= 11 is 0. The number of benzene rings is 1. The third-order valence-electron chi connectivity index (χ3n) is 6.93. The highest BCUT2D eigenvalue weighted by Crippen LogP contribution is 2.44. The Hall–Kier alpha value is -1.14. The van der Waals surface area contributed by atoms with Crippen LogP contribution < -0.4 is 10.1 Å². The molecule has 0 aromatic heterocycles. The van der Waals surface area contributed by atoms with Gasteiger partial charge in [-0.05, 0) is 77.4 Å². The molecule has 2 fully saturated rings. The number of hydrogen-bond donors (Lipinski definition) is 2. The molecule has 2 N–H and O–H groups in total. The number of piperidine rings is 1. The standard InChI is InChI=1S/C25H42N2O3/c1-20(17-26-2)27-15-8-9-22(18-27)25(28,14-6-7-16-29-3)23-10-4-5-11-24(23)30-19-21-12-13-21/h4-5,10-11,20-22,26,28H,6-9,12-19H2,1-3H3/t20-,22?,25?/m0/s1. The molecule has 170 valence electrons. The molecule has 3 atom stereocenters. The van der Waals surface area contributed by atoms with E-state index >= 15 is 0 Å². The molecule has 1 aliphatic heterocycles. The number of methoxy groups -OCH3 is 1. The smallest absolute Gasteiger partial charge is 0.125 e. The number of para-hydroxylation sites is 1. The Morgan fingerprint density at radius 2 is 2.03 bits per heavy atom. The third-order valence-corrected chi connectivity index (χ3v) is 6.93. The SMILES string of the molecule is CNC[C@H](C)N1CCCC(C(O)(CCCCOC)c2ccccc2OCC2CC2)C1. The van der Waals surface area contributed by atoms with E-state index in [2.05, 4.69) is 23.2 Å². The summed E-state index contributed by atoms with van der Waals surface area (Å²) in [6.45, 7) is 6.81. The van der Waals surface area contributed by atoms with Gasteiger partial charge in [0.2, 0.25) is 0 Å². The normalized spacial score (nSPS) is 23.1. The first kappa shape index (κ1) is 23.5. The molecule has 0 radical (unpaired) electrons. The van der Waals surface area contributed by atoms with Gasteiger partial charge in [-0.3, -0.25) is 4.90 Å². The molecule has 2 aliphatic rings. The van der Waals surface area contributed by atoms with Crippen molar-refractivity contribution in [3.63, 3.8) is 0 Å². The number of rotatable bonds is 13. The maximum atomic E-state index is 12.2. The maximum absolute atomic E-state index is 12.2. The molecule has 5 nitrogen and oxygen atoms in total. The molecule has 30 heavy (non-hydrogen) atoms. The van der Waals surface area contributed by atoms with Gasteiger partial charge in [0.1, 0.15) is 5.75 Å². The summed E-state index contributed by atoms with van der Waals surface area (Å²) in [5.41, 5.74) is 0.113. The molecular formula is C25H42N2O3. The van der Waals surface area contributed by atoms with E-state index in [0.717, 1.165) is 76.3 Å². The van der Waals surface area contributed by atoms with Gasteiger partial charge in [0.05, 0.1) is 12.2 Å². The molecule has 1 heterocycles. The van der Waals surface area contributed by atoms with Crippen LogP contribution in [0.3, 0.4) is 0 Å². The molecule has 0 spiro atoms. The number of likely N-dealkylation sites (tertiary alicyclic amines) is 1. The minimum absolute atomic E-state index is 0.207. The lowest BCUT2D eigenvalue weighted by Crippen LogP contribution is -2.50. The van der Waals surface area contributed by atoms with Crippen LogP contribution in [0.2, 0.25) is 0 Å². The Morgan fingerprint density at radius 1 is 1.23 bits per heavy atom. The van der Waals surface area contributed by atoms with E-state index < -0.39 is 5.60 Å². The quantitative estimate of drug-likeness (QED) is 0.477. The molecule has 1 aliphatic carbocycles. The van der Waals surface area contributed by atoms with Gasteiger partial charge in [0, 0.05) is 44.3 Å². The zero-order valence-electron chi connectivity index (χ0n) is 19.2. The fourth-order valence-corrected chi connectivity index (χ4v) is 4.86. The van der Waals surface area contributed by atoms with Crippen LogP contribution in [0.4, 0.5) is 0 Å². The van der Waals surface area contributed by atoms with E-state index in [9.17, 15) is 5.11 Å². The van der Waals surface area contributed by atoms with Gasteiger partial charge in [0.15, 0.2) is 0 Å². The minimum atomic E-state index is -0.869. The first-order valence-corrected chi connectivity index (χ1v) is 11.9. The lowest BCUT2D eigenvalue weighted by atomic mass is 9.73. The maximum Gasteiger partial charge on any atom is 0.125 e. The van der Waals surface area contributed by atoms with Crippen LogP contribution in [-0.2, 0) is 10.3 Å². The van der Waals surface area contributed by atoms with Gasteiger partial charge >= 0.3 is 0 Å². The van der Waals surface area contributed by atoms with Crippen LogP contribution in [-0.4, -0.2) is 63.1 Å². The van der Waals surface area contributed by atoms with Crippen molar-refractivity contribution >= 4 is 0 Å². The van der Waals surface area contributed by atoms with Gasteiger partial charge in [0.25, 0.3) is 0 Å². The predicted molar refractivity (Wildman–Crippen MR) is 122 cm³/mol. The zero-order chi connectivity index (χ0) is 21.4. The second-order valence-electron chi connectivity index (χ2n) is 9.37. The monoisotopic (exact) mass is 418 g/mol. The van der Waals surface area contributed by atoms with Gasteiger partial charge in [-0.25, -0.2) is 0 Å². The molecule has 0 amide bonds. The molecule has 1 aromatic rings. The fraction of sp³-hybridized carbons (Fsp3) is 0.760. The molecule has 2 unspecified atom stereocenters. The fourth-order valence-electron chi connectivity index (χ4n) is 4.86.